The highest BCUT2D eigenvalue weighted by Crippen LogP contribution is 2.38. The standard InChI is InChI=1S/C22H18N2O3/c1-12-11-17(24-13-7-9-14(27-2)10-8-13)18-19(20(12)23)22(26)16-6-4-3-5-15(16)21(18)25/h3-11,24H,23H2,1-2H3. The van der Waals surface area contributed by atoms with Gasteiger partial charge in [-0.2, -0.15) is 0 Å². The average Bonchev–Trinajstić information content (AvgIpc) is 2.69. The Hall–Kier alpha value is -3.60. The van der Waals surface area contributed by atoms with Gasteiger partial charge in [0, 0.05) is 22.5 Å². The van der Waals surface area contributed by atoms with Gasteiger partial charge in [0.2, 0.25) is 0 Å². The quantitative estimate of drug-likeness (QED) is 0.539. The molecule has 3 N–H and O–H groups in total. The molecule has 1 aliphatic carbocycles. The number of aryl methyl sites for hydroxylation is 1. The number of nitrogen functional groups attached to an aromatic ring is 1. The van der Waals surface area contributed by atoms with Crippen molar-refractivity contribution in [3.05, 3.63) is 82.4 Å². The van der Waals surface area contributed by atoms with Gasteiger partial charge in [-0.25, -0.2) is 0 Å². The van der Waals surface area contributed by atoms with E-state index in [0.29, 0.717) is 28.1 Å². The first-order valence-electron chi connectivity index (χ1n) is 8.54. The van der Waals surface area contributed by atoms with Crippen LogP contribution in [0.5, 0.6) is 5.75 Å². The molecule has 0 bridgehead atoms. The summed E-state index contributed by atoms with van der Waals surface area (Å²) < 4.78 is 5.17. The van der Waals surface area contributed by atoms with Crippen LogP contribution in [-0.4, -0.2) is 18.7 Å². The third-order valence-electron chi connectivity index (χ3n) is 4.81. The first-order valence-corrected chi connectivity index (χ1v) is 8.54. The fourth-order valence-electron chi connectivity index (χ4n) is 3.38. The molecule has 0 amide bonds. The molecule has 0 radical (unpaired) electrons. The maximum atomic E-state index is 13.2. The van der Waals surface area contributed by atoms with E-state index in [4.69, 9.17) is 10.5 Å². The molecule has 3 aromatic rings. The van der Waals surface area contributed by atoms with Crippen LogP contribution in [0.2, 0.25) is 0 Å². The molecule has 0 aromatic heterocycles. The number of carbonyl (C=O) groups excluding carboxylic acids is 2. The molecule has 0 heterocycles. The first kappa shape index (κ1) is 16.8. The van der Waals surface area contributed by atoms with Gasteiger partial charge in [0.15, 0.2) is 11.6 Å². The minimum absolute atomic E-state index is 0.206. The van der Waals surface area contributed by atoms with Gasteiger partial charge in [-0.3, -0.25) is 9.59 Å². The van der Waals surface area contributed by atoms with Gasteiger partial charge in [0.1, 0.15) is 5.75 Å². The number of ketones is 2. The maximum absolute atomic E-state index is 13.2. The number of hydrogen-bond acceptors (Lipinski definition) is 5. The number of rotatable bonds is 3. The monoisotopic (exact) mass is 358 g/mol. The topological polar surface area (TPSA) is 81.4 Å². The van der Waals surface area contributed by atoms with E-state index in [1.54, 1.807) is 37.4 Å². The SMILES string of the molecule is COc1ccc(Nc2cc(C)c(N)c3c2C(=O)c2ccccc2C3=O)cc1. The Kier molecular flexibility index (Phi) is 3.92. The molecule has 27 heavy (non-hydrogen) atoms. The fraction of sp³-hybridized carbons (Fsp3) is 0.0909. The molecule has 0 saturated carbocycles. The van der Waals surface area contributed by atoms with E-state index in [2.05, 4.69) is 5.32 Å². The lowest BCUT2D eigenvalue weighted by Crippen LogP contribution is -2.24. The van der Waals surface area contributed by atoms with Crippen LogP contribution >= 0.6 is 0 Å². The number of nitrogens with one attached hydrogen (secondary N) is 1. The summed E-state index contributed by atoms with van der Waals surface area (Å²) >= 11 is 0. The zero-order valence-electron chi connectivity index (χ0n) is 15.0. The number of nitrogens with two attached hydrogens (primary N) is 1. The van der Waals surface area contributed by atoms with Crippen molar-refractivity contribution in [3.8, 4) is 5.75 Å². The molecule has 1 aliphatic rings. The van der Waals surface area contributed by atoms with Crippen LogP contribution in [0.1, 0.15) is 37.4 Å². The molecule has 0 atom stereocenters. The van der Waals surface area contributed by atoms with Crippen molar-refractivity contribution in [2.75, 3.05) is 18.2 Å². The Balaban J connectivity index is 1.88. The van der Waals surface area contributed by atoms with Crippen LogP contribution in [0.25, 0.3) is 0 Å². The number of ether oxygens (including phenoxy) is 1. The summed E-state index contributed by atoms with van der Waals surface area (Å²) in [5.41, 5.74) is 10.0. The lowest BCUT2D eigenvalue weighted by Gasteiger charge is -2.23. The van der Waals surface area contributed by atoms with Crippen molar-refractivity contribution >= 4 is 28.6 Å². The van der Waals surface area contributed by atoms with Crippen molar-refractivity contribution in [1.82, 2.24) is 0 Å². The van der Waals surface area contributed by atoms with E-state index >= 15 is 0 Å². The van der Waals surface area contributed by atoms with Gasteiger partial charge in [-0.15, -0.1) is 0 Å². The maximum Gasteiger partial charge on any atom is 0.196 e. The lowest BCUT2D eigenvalue weighted by molar-refractivity contribution is 0.0980. The number of anilines is 3. The molecule has 0 unspecified atom stereocenters. The summed E-state index contributed by atoms with van der Waals surface area (Å²) in [5, 5.41) is 3.25. The summed E-state index contributed by atoms with van der Waals surface area (Å²) in [7, 11) is 1.60. The van der Waals surface area contributed by atoms with Crippen LogP contribution in [0, 0.1) is 6.92 Å². The Morgan fingerprint density at radius 3 is 2.07 bits per heavy atom. The summed E-state index contributed by atoms with van der Waals surface area (Å²) in [4.78, 5) is 26.2. The summed E-state index contributed by atoms with van der Waals surface area (Å²) in [5.74, 6) is 0.304. The van der Waals surface area contributed by atoms with Gasteiger partial charge in [0.05, 0.1) is 23.9 Å². The van der Waals surface area contributed by atoms with Crippen LogP contribution < -0.4 is 15.8 Å². The fourth-order valence-corrected chi connectivity index (χ4v) is 3.38. The lowest BCUT2D eigenvalue weighted by atomic mass is 9.81. The van der Waals surface area contributed by atoms with Crippen LogP contribution in [-0.2, 0) is 0 Å². The van der Waals surface area contributed by atoms with Crippen molar-refractivity contribution in [2.24, 2.45) is 0 Å². The normalized spacial score (nSPS) is 12.4. The molecular formula is C22H18N2O3. The molecule has 4 rings (SSSR count). The largest absolute Gasteiger partial charge is 0.497 e. The highest BCUT2D eigenvalue weighted by Gasteiger charge is 2.34. The van der Waals surface area contributed by atoms with Crippen molar-refractivity contribution in [1.29, 1.82) is 0 Å². The molecule has 3 aromatic carbocycles. The smallest absolute Gasteiger partial charge is 0.196 e. The van der Waals surface area contributed by atoms with Crippen LogP contribution in [0.4, 0.5) is 17.1 Å². The Morgan fingerprint density at radius 2 is 1.48 bits per heavy atom. The van der Waals surface area contributed by atoms with E-state index in [9.17, 15) is 9.59 Å². The van der Waals surface area contributed by atoms with Crippen molar-refractivity contribution < 1.29 is 14.3 Å². The first-order chi connectivity index (χ1) is 13.0. The minimum Gasteiger partial charge on any atom is -0.497 e. The molecule has 5 nitrogen and oxygen atoms in total. The van der Waals surface area contributed by atoms with Crippen molar-refractivity contribution in [3.63, 3.8) is 0 Å². The summed E-state index contributed by atoms with van der Waals surface area (Å²) in [6, 6.07) is 16.0. The molecule has 0 spiro atoms. The third-order valence-corrected chi connectivity index (χ3v) is 4.81. The van der Waals surface area contributed by atoms with Gasteiger partial charge in [-0.05, 0) is 42.8 Å². The Morgan fingerprint density at radius 1 is 0.889 bits per heavy atom. The van der Waals surface area contributed by atoms with E-state index in [1.165, 1.54) is 0 Å². The van der Waals surface area contributed by atoms with Crippen LogP contribution in [0.3, 0.4) is 0 Å². The van der Waals surface area contributed by atoms with Gasteiger partial charge in [-0.1, -0.05) is 24.3 Å². The number of fused-ring (bicyclic) bond motifs is 2. The minimum atomic E-state index is -0.223. The number of hydrogen-bond donors (Lipinski definition) is 2. The summed E-state index contributed by atoms with van der Waals surface area (Å²) in [6.45, 7) is 1.83. The number of carbonyl (C=O) groups is 2. The van der Waals surface area contributed by atoms with E-state index in [-0.39, 0.29) is 17.1 Å². The van der Waals surface area contributed by atoms with E-state index in [1.807, 2.05) is 31.2 Å². The van der Waals surface area contributed by atoms with Gasteiger partial charge in [0.25, 0.3) is 0 Å². The van der Waals surface area contributed by atoms with Gasteiger partial charge >= 0.3 is 0 Å². The molecule has 5 heteroatoms. The molecular weight excluding hydrogens is 340 g/mol. The second kappa shape index (κ2) is 6.29. The second-order valence-corrected chi connectivity index (χ2v) is 6.46. The van der Waals surface area contributed by atoms with E-state index < -0.39 is 0 Å². The zero-order valence-corrected chi connectivity index (χ0v) is 15.0. The van der Waals surface area contributed by atoms with Gasteiger partial charge < -0.3 is 15.8 Å². The Labute approximate surface area is 156 Å². The molecule has 0 aliphatic heterocycles. The second-order valence-electron chi connectivity index (χ2n) is 6.46. The highest BCUT2D eigenvalue weighted by atomic mass is 16.5. The zero-order chi connectivity index (χ0) is 19.1. The highest BCUT2D eigenvalue weighted by molar-refractivity contribution is 6.32. The number of methoxy groups -OCH3 is 1. The predicted octanol–water partition coefficient (Wildman–Crippen LogP) is 4.10. The Bertz CT molecular complexity index is 1090. The molecule has 0 saturated heterocycles. The molecule has 0 fully saturated rings. The van der Waals surface area contributed by atoms with Crippen molar-refractivity contribution in [2.45, 2.75) is 6.92 Å². The third kappa shape index (κ3) is 2.64. The average molecular weight is 358 g/mol. The number of benzene rings is 3. The molecule has 134 valence electrons. The predicted molar refractivity (Wildman–Crippen MR) is 105 cm³/mol. The van der Waals surface area contributed by atoms with E-state index in [0.717, 1.165) is 17.0 Å². The van der Waals surface area contributed by atoms with Crippen LogP contribution in [0.15, 0.2) is 54.6 Å². The summed E-state index contributed by atoms with van der Waals surface area (Å²) in [6.07, 6.45) is 0.